The maximum absolute atomic E-state index is 12.2. The van der Waals surface area contributed by atoms with Crippen LogP contribution in [-0.2, 0) is 16.4 Å². The molecule has 10 heteroatoms. The molecule has 0 atom stereocenters. The summed E-state index contributed by atoms with van der Waals surface area (Å²) in [6, 6.07) is 2.97. The van der Waals surface area contributed by atoms with Crippen molar-refractivity contribution >= 4 is 49.2 Å². The molecular formula is C11H11BrCl2N4O2S. The van der Waals surface area contributed by atoms with Crippen LogP contribution in [0, 0.1) is 0 Å². The fourth-order valence-corrected chi connectivity index (χ4v) is 4.68. The van der Waals surface area contributed by atoms with Gasteiger partial charge in [-0.25, -0.2) is 18.1 Å². The van der Waals surface area contributed by atoms with Gasteiger partial charge in [-0.1, -0.05) is 39.1 Å². The van der Waals surface area contributed by atoms with Gasteiger partial charge in [0.05, 0.1) is 10.0 Å². The fourth-order valence-electron chi connectivity index (χ4n) is 1.67. The molecule has 1 aromatic heterocycles. The Labute approximate surface area is 140 Å². The molecule has 0 radical (unpaired) electrons. The molecule has 2 N–H and O–H groups in total. The number of benzene rings is 1. The van der Waals surface area contributed by atoms with Crippen molar-refractivity contribution in [3.63, 3.8) is 0 Å². The van der Waals surface area contributed by atoms with E-state index in [1.807, 2.05) is 0 Å². The van der Waals surface area contributed by atoms with Crippen molar-refractivity contribution in [3.05, 3.63) is 38.8 Å². The summed E-state index contributed by atoms with van der Waals surface area (Å²) in [6.45, 7) is 0.242. The predicted molar refractivity (Wildman–Crippen MR) is 84.1 cm³/mol. The monoisotopic (exact) mass is 412 g/mol. The highest BCUT2D eigenvalue weighted by Crippen LogP contribution is 2.32. The van der Waals surface area contributed by atoms with Gasteiger partial charge in [0.25, 0.3) is 0 Å². The Hall–Kier alpha value is -0.670. The number of hydrogen-bond donors (Lipinski definition) is 2. The molecule has 0 amide bonds. The van der Waals surface area contributed by atoms with Crippen LogP contribution in [0.4, 0.5) is 0 Å². The van der Waals surface area contributed by atoms with E-state index < -0.39 is 10.0 Å². The highest BCUT2D eigenvalue weighted by molar-refractivity contribution is 9.10. The van der Waals surface area contributed by atoms with E-state index in [0.717, 1.165) is 0 Å². The maximum Gasteiger partial charge on any atom is 0.243 e. The molecule has 0 saturated carbocycles. The fraction of sp³-hybridized carbons (Fsp3) is 0.273. The molecule has 0 saturated heterocycles. The first-order valence-electron chi connectivity index (χ1n) is 5.88. The summed E-state index contributed by atoms with van der Waals surface area (Å²) in [5.74, 6) is 0.703. The Morgan fingerprint density at radius 3 is 2.52 bits per heavy atom. The normalized spacial score (nSPS) is 11.8. The van der Waals surface area contributed by atoms with E-state index in [1.165, 1.54) is 18.5 Å². The Morgan fingerprint density at radius 1 is 1.29 bits per heavy atom. The third kappa shape index (κ3) is 4.40. The number of nitrogens with zero attached hydrogens (tertiary/aromatic N) is 2. The lowest BCUT2D eigenvalue weighted by Crippen LogP contribution is -2.25. The smallest absolute Gasteiger partial charge is 0.243 e. The zero-order chi connectivity index (χ0) is 15.5. The Kier molecular flexibility index (Phi) is 5.61. The van der Waals surface area contributed by atoms with Crippen LogP contribution in [0.25, 0.3) is 0 Å². The number of aromatic nitrogens is 3. The number of aryl methyl sites for hydroxylation is 1. The highest BCUT2D eigenvalue weighted by Gasteiger charge is 2.21. The minimum atomic E-state index is -3.76. The van der Waals surface area contributed by atoms with Crippen LogP contribution in [0.1, 0.15) is 12.2 Å². The van der Waals surface area contributed by atoms with E-state index >= 15 is 0 Å². The highest BCUT2D eigenvalue weighted by atomic mass is 79.9. The number of rotatable bonds is 6. The Bertz CT molecular complexity index is 699. The van der Waals surface area contributed by atoms with Gasteiger partial charge >= 0.3 is 0 Å². The number of nitrogens with one attached hydrogen (secondary N) is 2. The van der Waals surface area contributed by atoms with Crippen LogP contribution in [0.5, 0.6) is 0 Å². The first kappa shape index (κ1) is 16.7. The molecule has 114 valence electrons. The quantitative estimate of drug-likeness (QED) is 0.712. The molecule has 6 nitrogen and oxygen atoms in total. The van der Waals surface area contributed by atoms with Gasteiger partial charge in [0, 0.05) is 17.4 Å². The number of aromatic amines is 1. The van der Waals surface area contributed by atoms with Gasteiger partial charge < -0.3 is 0 Å². The average Bonchev–Trinajstić information content (AvgIpc) is 2.86. The van der Waals surface area contributed by atoms with Gasteiger partial charge in [0.1, 0.15) is 17.0 Å². The van der Waals surface area contributed by atoms with Gasteiger partial charge in [0.2, 0.25) is 10.0 Å². The molecule has 0 unspecified atom stereocenters. The minimum Gasteiger partial charge on any atom is -0.263 e. The molecule has 2 aromatic rings. The molecule has 0 aliphatic heterocycles. The van der Waals surface area contributed by atoms with Crippen LogP contribution in [0.15, 0.2) is 27.8 Å². The summed E-state index contributed by atoms with van der Waals surface area (Å²) in [5.41, 5.74) is 0. The van der Waals surface area contributed by atoms with Crippen molar-refractivity contribution in [3.8, 4) is 0 Å². The largest absolute Gasteiger partial charge is 0.263 e. The second-order valence-electron chi connectivity index (χ2n) is 4.13. The molecule has 21 heavy (non-hydrogen) atoms. The Morgan fingerprint density at radius 2 is 1.95 bits per heavy atom. The van der Waals surface area contributed by atoms with E-state index in [1.54, 1.807) is 0 Å². The maximum atomic E-state index is 12.2. The van der Waals surface area contributed by atoms with Crippen molar-refractivity contribution in [2.45, 2.75) is 17.7 Å². The topological polar surface area (TPSA) is 87.7 Å². The third-order valence-corrected chi connectivity index (χ3v) is 5.42. The molecule has 2 rings (SSSR count). The molecule has 0 aliphatic rings. The number of hydrogen-bond acceptors (Lipinski definition) is 4. The number of sulfonamides is 1. The van der Waals surface area contributed by atoms with E-state index in [4.69, 9.17) is 23.2 Å². The summed E-state index contributed by atoms with van der Waals surface area (Å²) in [4.78, 5) is 3.84. The lowest BCUT2D eigenvalue weighted by molar-refractivity contribution is 0.578. The first-order valence-corrected chi connectivity index (χ1v) is 8.92. The standard InChI is InChI=1S/C11H11BrCl2N4O2S/c12-7-4-8(13)11(9(14)5-7)21(19,20)17-3-1-2-10-15-6-16-18-10/h4-6,17H,1-3H2,(H,15,16,18). The summed E-state index contributed by atoms with van der Waals surface area (Å²) in [7, 11) is -3.76. The Balaban J connectivity index is 2.02. The third-order valence-electron chi connectivity index (χ3n) is 2.58. The average molecular weight is 414 g/mol. The summed E-state index contributed by atoms with van der Waals surface area (Å²) in [5, 5.41) is 6.55. The van der Waals surface area contributed by atoms with Crippen molar-refractivity contribution in [2.24, 2.45) is 0 Å². The van der Waals surface area contributed by atoms with Gasteiger partial charge in [-0.3, -0.25) is 5.10 Å². The lowest BCUT2D eigenvalue weighted by Gasteiger charge is -2.10. The first-order chi connectivity index (χ1) is 9.90. The van der Waals surface area contributed by atoms with Gasteiger partial charge in [-0.05, 0) is 18.6 Å². The minimum absolute atomic E-state index is 0.0668. The summed E-state index contributed by atoms with van der Waals surface area (Å²) in [6.07, 6.45) is 2.56. The molecule has 1 aromatic carbocycles. The predicted octanol–water partition coefficient (Wildman–Crippen LogP) is 2.79. The van der Waals surface area contributed by atoms with Crippen LogP contribution < -0.4 is 4.72 Å². The van der Waals surface area contributed by atoms with Crippen LogP contribution in [0.2, 0.25) is 10.0 Å². The van der Waals surface area contributed by atoms with E-state index in [-0.39, 0.29) is 21.5 Å². The van der Waals surface area contributed by atoms with Crippen LogP contribution >= 0.6 is 39.1 Å². The van der Waals surface area contributed by atoms with Crippen molar-refractivity contribution < 1.29 is 8.42 Å². The summed E-state index contributed by atoms with van der Waals surface area (Å²) < 4.78 is 27.5. The molecule has 0 aliphatic carbocycles. The number of H-pyrrole nitrogens is 1. The molecular weight excluding hydrogens is 403 g/mol. The molecule has 1 heterocycles. The van der Waals surface area contributed by atoms with Crippen molar-refractivity contribution in [2.75, 3.05) is 6.54 Å². The van der Waals surface area contributed by atoms with Gasteiger partial charge in [0.15, 0.2) is 0 Å². The van der Waals surface area contributed by atoms with Crippen LogP contribution in [-0.4, -0.2) is 30.1 Å². The lowest BCUT2D eigenvalue weighted by atomic mass is 10.3. The SMILES string of the molecule is O=S(=O)(NCCCc1ncn[nH]1)c1c(Cl)cc(Br)cc1Cl. The van der Waals surface area contributed by atoms with E-state index in [9.17, 15) is 8.42 Å². The second kappa shape index (κ2) is 7.06. The summed E-state index contributed by atoms with van der Waals surface area (Å²) >= 11 is 15.1. The second-order valence-corrected chi connectivity index (χ2v) is 7.57. The molecule has 0 bridgehead atoms. The van der Waals surface area contributed by atoms with E-state index in [2.05, 4.69) is 35.8 Å². The van der Waals surface area contributed by atoms with Gasteiger partial charge in [-0.15, -0.1) is 0 Å². The zero-order valence-corrected chi connectivity index (χ0v) is 14.5. The molecule has 0 spiro atoms. The van der Waals surface area contributed by atoms with Crippen LogP contribution in [0.3, 0.4) is 0 Å². The van der Waals surface area contributed by atoms with Crippen molar-refractivity contribution in [1.29, 1.82) is 0 Å². The van der Waals surface area contributed by atoms with E-state index in [0.29, 0.717) is 23.1 Å². The number of halogens is 3. The van der Waals surface area contributed by atoms with Gasteiger partial charge in [-0.2, -0.15) is 5.10 Å². The molecule has 0 fully saturated rings. The van der Waals surface area contributed by atoms with Crippen molar-refractivity contribution in [1.82, 2.24) is 19.9 Å². The zero-order valence-electron chi connectivity index (χ0n) is 10.6.